The molecule has 0 amide bonds. The number of halogens is 3. The van der Waals surface area contributed by atoms with E-state index in [-0.39, 0.29) is 11.4 Å². The Balaban J connectivity index is 3.13. The fourth-order valence-corrected chi connectivity index (χ4v) is 1.25. The lowest BCUT2D eigenvalue weighted by Gasteiger charge is -2.11. The second-order valence-electron chi connectivity index (χ2n) is 3.38. The molecule has 0 aliphatic rings. The minimum absolute atomic E-state index is 0.0309. The lowest BCUT2D eigenvalue weighted by molar-refractivity contribution is -0.137. The molecule has 0 saturated heterocycles. The van der Waals surface area contributed by atoms with Crippen molar-refractivity contribution >= 4 is 11.4 Å². The highest BCUT2D eigenvalue weighted by Gasteiger charge is 2.33. The van der Waals surface area contributed by atoms with Crippen molar-refractivity contribution in [3.8, 4) is 0 Å². The maximum Gasteiger partial charge on any atom is 0.418 e. The summed E-state index contributed by atoms with van der Waals surface area (Å²) in [6.45, 7) is 1.84. The van der Waals surface area contributed by atoms with E-state index in [0.717, 1.165) is 12.3 Å². The van der Waals surface area contributed by atoms with E-state index in [1.54, 1.807) is 0 Å². The van der Waals surface area contributed by atoms with E-state index in [2.05, 4.69) is 4.98 Å². The monoisotopic (exact) mass is 231 g/mol. The second-order valence-corrected chi connectivity index (χ2v) is 3.38. The highest BCUT2D eigenvalue weighted by molar-refractivity contribution is 5.96. The van der Waals surface area contributed by atoms with Crippen molar-refractivity contribution in [3.63, 3.8) is 0 Å². The summed E-state index contributed by atoms with van der Waals surface area (Å²) < 4.78 is 37.5. The molecule has 0 spiro atoms. The lowest BCUT2D eigenvalue weighted by Crippen LogP contribution is -2.12. The van der Waals surface area contributed by atoms with Crippen LogP contribution >= 0.6 is 0 Å². The number of nitrogens with two attached hydrogens (primary N) is 1. The van der Waals surface area contributed by atoms with E-state index in [1.807, 2.05) is 6.92 Å². The van der Waals surface area contributed by atoms with Crippen LogP contribution in [0.4, 0.5) is 18.9 Å². The van der Waals surface area contributed by atoms with E-state index in [9.17, 15) is 13.2 Å². The van der Waals surface area contributed by atoms with Crippen LogP contribution in [0.15, 0.2) is 12.3 Å². The summed E-state index contributed by atoms with van der Waals surface area (Å²) in [7, 11) is 0. The smallest absolute Gasteiger partial charge is 0.397 e. The summed E-state index contributed by atoms with van der Waals surface area (Å²) in [5, 5.41) is 7.53. The second kappa shape index (κ2) is 4.51. The van der Waals surface area contributed by atoms with Crippen LogP contribution in [0.5, 0.6) is 0 Å². The van der Waals surface area contributed by atoms with Gasteiger partial charge in [0.2, 0.25) is 0 Å². The zero-order valence-corrected chi connectivity index (χ0v) is 8.73. The van der Waals surface area contributed by atoms with Crippen LogP contribution in [0.25, 0.3) is 0 Å². The molecule has 0 aliphatic heterocycles. The normalized spacial score (nSPS) is 11.5. The van der Waals surface area contributed by atoms with Gasteiger partial charge in [0.15, 0.2) is 0 Å². The van der Waals surface area contributed by atoms with E-state index in [0.29, 0.717) is 12.8 Å². The molecule has 0 radical (unpaired) electrons. The quantitative estimate of drug-likeness (QED) is 0.785. The van der Waals surface area contributed by atoms with Gasteiger partial charge in [-0.1, -0.05) is 13.3 Å². The predicted molar refractivity (Wildman–Crippen MR) is 55.4 cm³/mol. The SMILES string of the molecule is CCCC(=N)c1cc(C(F)(F)F)c(N)cn1. The van der Waals surface area contributed by atoms with Crippen molar-refractivity contribution in [2.75, 3.05) is 5.73 Å². The van der Waals surface area contributed by atoms with Gasteiger partial charge in [0.25, 0.3) is 0 Å². The molecule has 0 aliphatic carbocycles. The Kier molecular flexibility index (Phi) is 3.51. The summed E-state index contributed by atoms with van der Waals surface area (Å²) in [5.41, 5.74) is 3.97. The van der Waals surface area contributed by atoms with Gasteiger partial charge in [-0.15, -0.1) is 0 Å². The topological polar surface area (TPSA) is 62.8 Å². The molecule has 0 bridgehead atoms. The Morgan fingerprint density at radius 2 is 2.12 bits per heavy atom. The van der Waals surface area contributed by atoms with Crippen molar-refractivity contribution in [1.82, 2.24) is 4.98 Å². The molecule has 1 heterocycles. The number of nitrogens with one attached hydrogen (secondary N) is 1. The summed E-state index contributed by atoms with van der Waals surface area (Å²) in [6, 6.07) is 0.827. The third-order valence-corrected chi connectivity index (χ3v) is 2.05. The van der Waals surface area contributed by atoms with Gasteiger partial charge in [0, 0.05) is 0 Å². The third kappa shape index (κ3) is 2.71. The fraction of sp³-hybridized carbons (Fsp3) is 0.400. The van der Waals surface area contributed by atoms with Crippen molar-refractivity contribution in [2.24, 2.45) is 0 Å². The van der Waals surface area contributed by atoms with Gasteiger partial charge in [-0.2, -0.15) is 13.2 Å². The molecule has 0 aromatic carbocycles. The standard InChI is InChI=1S/C10H12F3N3/c1-2-3-7(14)9-4-6(10(11,12)13)8(15)5-16-9/h4-5,14H,2-3,15H2,1H3. The molecular formula is C10H12F3N3. The highest BCUT2D eigenvalue weighted by atomic mass is 19.4. The number of rotatable bonds is 3. The van der Waals surface area contributed by atoms with Crippen LogP contribution in [-0.2, 0) is 6.18 Å². The Labute approximate surface area is 91.0 Å². The molecule has 16 heavy (non-hydrogen) atoms. The van der Waals surface area contributed by atoms with Crippen LogP contribution in [0.2, 0.25) is 0 Å². The maximum absolute atomic E-state index is 12.5. The minimum atomic E-state index is -4.51. The highest BCUT2D eigenvalue weighted by Crippen LogP contribution is 2.33. The average Bonchev–Trinajstić information content (AvgIpc) is 2.16. The molecule has 0 saturated carbocycles. The average molecular weight is 231 g/mol. The van der Waals surface area contributed by atoms with Gasteiger partial charge in [0.05, 0.1) is 28.9 Å². The molecular weight excluding hydrogens is 219 g/mol. The Morgan fingerprint density at radius 1 is 1.50 bits per heavy atom. The zero-order chi connectivity index (χ0) is 12.3. The predicted octanol–water partition coefficient (Wildman–Crippen LogP) is 2.85. The van der Waals surface area contributed by atoms with E-state index >= 15 is 0 Å². The molecule has 6 heteroatoms. The van der Waals surface area contributed by atoms with Gasteiger partial charge in [-0.25, -0.2) is 0 Å². The van der Waals surface area contributed by atoms with E-state index in [4.69, 9.17) is 11.1 Å². The molecule has 0 fully saturated rings. The molecule has 0 unspecified atom stereocenters. The molecule has 0 atom stereocenters. The molecule has 1 aromatic heterocycles. The first-order valence-corrected chi connectivity index (χ1v) is 4.76. The molecule has 88 valence electrons. The summed E-state index contributed by atoms with van der Waals surface area (Å²) in [6.07, 6.45) is -2.48. The Bertz CT molecular complexity index is 399. The first-order chi connectivity index (χ1) is 7.36. The number of hydrogen-bond acceptors (Lipinski definition) is 3. The van der Waals surface area contributed by atoms with Gasteiger partial charge in [-0.3, -0.25) is 4.98 Å². The zero-order valence-electron chi connectivity index (χ0n) is 8.73. The summed E-state index contributed by atoms with van der Waals surface area (Å²) in [4.78, 5) is 3.72. The van der Waals surface area contributed by atoms with Crippen LogP contribution in [0.3, 0.4) is 0 Å². The largest absolute Gasteiger partial charge is 0.418 e. The molecule has 1 aromatic rings. The van der Waals surface area contributed by atoms with Gasteiger partial charge < -0.3 is 11.1 Å². The summed E-state index contributed by atoms with van der Waals surface area (Å²) in [5.74, 6) is 0. The number of anilines is 1. The van der Waals surface area contributed by atoms with Crippen molar-refractivity contribution in [1.29, 1.82) is 5.41 Å². The van der Waals surface area contributed by atoms with Gasteiger partial charge in [0.1, 0.15) is 0 Å². The molecule has 3 N–H and O–H groups in total. The minimum Gasteiger partial charge on any atom is -0.397 e. The van der Waals surface area contributed by atoms with Crippen LogP contribution in [0.1, 0.15) is 31.0 Å². The fourth-order valence-electron chi connectivity index (χ4n) is 1.25. The number of pyridine rings is 1. The lowest BCUT2D eigenvalue weighted by atomic mass is 10.1. The van der Waals surface area contributed by atoms with Crippen LogP contribution < -0.4 is 5.73 Å². The third-order valence-electron chi connectivity index (χ3n) is 2.05. The van der Waals surface area contributed by atoms with Crippen molar-refractivity contribution < 1.29 is 13.2 Å². The Hall–Kier alpha value is -1.59. The summed E-state index contributed by atoms with van der Waals surface area (Å²) >= 11 is 0. The number of nitrogen functional groups attached to an aromatic ring is 1. The van der Waals surface area contributed by atoms with Gasteiger partial charge >= 0.3 is 6.18 Å². The number of alkyl halides is 3. The van der Waals surface area contributed by atoms with Crippen molar-refractivity contribution in [2.45, 2.75) is 25.9 Å². The van der Waals surface area contributed by atoms with Crippen LogP contribution in [-0.4, -0.2) is 10.7 Å². The van der Waals surface area contributed by atoms with E-state index in [1.165, 1.54) is 0 Å². The van der Waals surface area contributed by atoms with E-state index < -0.39 is 17.4 Å². The number of nitrogens with zero attached hydrogens (tertiary/aromatic N) is 1. The molecule has 1 rings (SSSR count). The first-order valence-electron chi connectivity index (χ1n) is 4.76. The van der Waals surface area contributed by atoms with Crippen molar-refractivity contribution in [3.05, 3.63) is 23.5 Å². The maximum atomic E-state index is 12.5. The first kappa shape index (κ1) is 12.5. The number of hydrogen-bond donors (Lipinski definition) is 2. The Morgan fingerprint density at radius 3 is 2.62 bits per heavy atom. The number of aromatic nitrogens is 1. The van der Waals surface area contributed by atoms with Crippen LogP contribution in [0, 0.1) is 5.41 Å². The van der Waals surface area contributed by atoms with Gasteiger partial charge in [-0.05, 0) is 12.5 Å². The molecule has 3 nitrogen and oxygen atoms in total.